The third-order valence-electron chi connectivity index (χ3n) is 4.79. The molecule has 0 fully saturated rings. The number of hydrogen-bond donors (Lipinski definition) is 1. The number of amides is 1. The normalized spacial score (nSPS) is 15.4. The Bertz CT molecular complexity index is 1150. The lowest BCUT2D eigenvalue weighted by molar-refractivity contribution is -0.121. The predicted molar refractivity (Wildman–Crippen MR) is 112 cm³/mol. The van der Waals surface area contributed by atoms with Crippen LogP contribution in [0.3, 0.4) is 0 Å². The maximum Gasteiger partial charge on any atom is 0.226 e. The number of thiazole rings is 1. The molecule has 146 valence electrons. The maximum atomic E-state index is 12.5. The standard InChI is InChI=1S/C22H19N3O3S/c26-21(23-11-17-13-27-19-8-4-5-9-20(19)28-17)10-16-14-29-22-24-18(12-25(16)22)15-6-2-1-3-7-15/h1-9,12,14,17H,10-11,13H2,(H,23,26)/t17-/m0/s1. The lowest BCUT2D eigenvalue weighted by atomic mass is 10.2. The van der Waals surface area contributed by atoms with E-state index in [-0.39, 0.29) is 18.4 Å². The summed E-state index contributed by atoms with van der Waals surface area (Å²) >= 11 is 1.54. The highest BCUT2D eigenvalue weighted by Gasteiger charge is 2.21. The minimum atomic E-state index is -0.200. The Kier molecular flexibility index (Phi) is 4.65. The van der Waals surface area contributed by atoms with Crippen LogP contribution in [0.25, 0.3) is 16.2 Å². The summed E-state index contributed by atoms with van der Waals surface area (Å²) in [6, 6.07) is 17.6. The fourth-order valence-corrected chi connectivity index (χ4v) is 4.20. The largest absolute Gasteiger partial charge is 0.486 e. The zero-order valence-electron chi connectivity index (χ0n) is 15.6. The Balaban J connectivity index is 1.22. The molecule has 0 saturated heterocycles. The van der Waals surface area contributed by atoms with Crippen molar-refractivity contribution in [3.8, 4) is 22.8 Å². The van der Waals surface area contributed by atoms with Crippen LogP contribution in [0.1, 0.15) is 5.69 Å². The molecule has 0 radical (unpaired) electrons. The minimum absolute atomic E-state index is 0.0536. The van der Waals surface area contributed by atoms with Crippen molar-refractivity contribution < 1.29 is 14.3 Å². The molecule has 1 amide bonds. The van der Waals surface area contributed by atoms with Gasteiger partial charge in [0.05, 0.1) is 18.7 Å². The lowest BCUT2D eigenvalue weighted by Gasteiger charge is -2.26. The van der Waals surface area contributed by atoms with Crippen molar-refractivity contribution in [2.24, 2.45) is 0 Å². The van der Waals surface area contributed by atoms with E-state index in [0.717, 1.165) is 27.7 Å². The van der Waals surface area contributed by atoms with Crippen molar-refractivity contribution in [3.05, 3.63) is 71.9 Å². The van der Waals surface area contributed by atoms with Gasteiger partial charge in [0.2, 0.25) is 5.91 Å². The van der Waals surface area contributed by atoms with Gasteiger partial charge in [0.25, 0.3) is 0 Å². The summed E-state index contributed by atoms with van der Waals surface area (Å²) in [5, 5.41) is 4.93. The van der Waals surface area contributed by atoms with Crippen LogP contribution in [-0.4, -0.2) is 34.5 Å². The second-order valence-electron chi connectivity index (χ2n) is 6.85. The van der Waals surface area contributed by atoms with E-state index in [1.807, 2.05) is 70.6 Å². The summed E-state index contributed by atoms with van der Waals surface area (Å²) < 4.78 is 13.6. The first-order valence-electron chi connectivity index (χ1n) is 9.42. The van der Waals surface area contributed by atoms with E-state index in [4.69, 9.17) is 9.47 Å². The molecule has 5 rings (SSSR count). The number of carbonyl (C=O) groups excluding carboxylic acids is 1. The molecular weight excluding hydrogens is 386 g/mol. The first-order valence-corrected chi connectivity index (χ1v) is 10.3. The van der Waals surface area contributed by atoms with Crippen LogP contribution in [0.15, 0.2) is 66.2 Å². The molecule has 0 bridgehead atoms. The van der Waals surface area contributed by atoms with E-state index in [0.29, 0.717) is 18.9 Å². The van der Waals surface area contributed by atoms with Gasteiger partial charge in [-0.2, -0.15) is 0 Å². The molecule has 7 heteroatoms. The van der Waals surface area contributed by atoms with Gasteiger partial charge in [0, 0.05) is 22.8 Å². The second kappa shape index (κ2) is 7.60. The zero-order chi connectivity index (χ0) is 19.6. The van der Waals surface area contributed by atoms with E-state index in [2.05, 4.69) is 10.3 Å². The highest BCUT2D eigenvalue weighted by Crippen LogP contribution is 2.30. The molecule has 2 aromatic heterocycles. The molecule has 29 heavy (non-hydrogen) atoms. The third-order valence-corrected chi connectivity index (χ3v) is 5.68. The van der Waals surface area contributed by atoms with Gasteiger partial charge in [-0.15, -0.1) is 11.3 Å². The molecule has 1 N–H and O–H groups in total. The molecule has 0 saturated carbocycles. The van der Waals surface area contributed by atoms with E-state index >= 15 is 0 Å². The van der Waals surface area contributed by atoms with Crippen molar-refractivity contribution in [2.45, 2.75) is 12.5 Å². The summed E-state index contributed by atoms with van der Waals surface area (Å²) in [6.45, 7) is 0.821. The first-order chi connectivity index (χ1) is 14.3. The number of ether oxygens (including phenoxy) is 2. The minimum Gasteiger partial charge on any atom is -0.486 e. The van der Waals surface area contributed by atoms with Gasteiger partial charge in [-0.25, -0.2) is 4.98 Å². The third kappa shape index (κ3) is 3.69. The molecule has 6 nitrogen and oxygen atoms in total. The van der Waals surface area contributed by atoms with E-state index in [1.165, 1.54) is 11.3 Å². The van der Waals surface area contributed by atoms with E-state index in [9.17, 15) is 4.79 Å². The number of benzene rings is 2. The molecule has 4 aromatic rings. The second-order valence-corrected chi connectivity index (χ2v) is 7.69. The molecule has 3 heterocycles. The van der Waals surface area contributed by atoms with Gasteiger partial charge in [0.1, 0.15) is 12.7 Å². The topological polar surface area (TPSA) is 64.9 Å². The van der Waals surface area contributed by atoms with Crippen LogP contribution in [0.4, 0.5) is 0 Å². The molecule has 2 aromatic carbocycles. The molecule has 0 aliphatic carbocycles. The van der Waals surface area contributed by atoms with E-state index in [1.54, 1.807) is 0 Å². The Morgan fingerprint density at radius 2 is 1.93 bits per heavy atom. The summed E-state index contributed by atoms with van der Waals surface area (Å²) in [4.78, 5) is 18.0. The molecule has 0 unspecified atom stereocenters. The van der Waals surface area contributed by atoms with Crippen molar-refractivity contribution >= 4 is 22.2 Å². The number of para-hydroxylation sites is 2. The number of hydrogen-bond acceptors (Lipinski definition) is 5. The number of nitrogens with one attached hydrogen (secondary N) is 1. The number of carbonyl (C=O) groups is 1. The summed E-state index contributed by atoms with van der Waals surface area (Å²) in [7, 11) is 0. The number of nitrogens with zero attached hydrogens (tertiary/aromatic N) is 2. The summed E-state index contributed by atoms with van der Waals surface area (Å²) in [5.41, 5.74) is 2.89. The molecular formula is C22H19N3O3S. The fourth-order valence-electron chi connectivity index (χ4n) is 3.32. The van der Waals surface area contributed by atoms with Crippen LogP contribution in [0.5, 0.6) is 11.5 Å². The Hall–Kier alpha value is -3.32. The SMILES string of the molecule is O=C(Cc1csc2nc(-c3ccccc3)cn12)NC[C@H]1COc2ccccc2O1. The van der Waals surface area contributed by atoms with Gasteiger partial charge < -0.3 is 14.8 Å². The van der Waals surface area contributed by atoms with Crippen molar-refractivity contribution in [1.29, 1.82) is 0 Å². The summed E-state index contributed by atoms with van der Waals surface area (Å²) in [5.74, 6) is 1.40. The van der Waals surface area contributed by atoms with Crippen molar-refractivity contribution in [3.63, 3.8) is 0 Å². The first kappa shape index (κ1) is 17.8. The van der Waals surface area contributed by atoms with Crippen molar-refractivity contribution in [1.82, 2.24) is 14.7 Å². The van der Waals surface area contributed by atoms with Crippen LogP contribution in [-0.2, 0) is 11.2 Å². The lowest BCUT2D eigenvalue weighted by Crippen LogP contribution is -2.41. The molecule has 1 atom stereocenters. The predicted octanol–water partition coefficient (Wildman–Crippen LogP) is 3.56. The fraction of sp³-hybridized carbons (Fsp3) is 0.182. The highest BCUT2D eigenvalue weighted by atomic mass is 32.1. The Labute approximate surface area is 171 Å². The molecule has 1 aliphatic heterocycles. The number of aromatic nitrogens is 2. The van der Waals surface area contributed by atoms with Crippen molar-refractivity contribution in [2.75, 3.05) is 13.2 Å². The zero-order valence-corrected chi connectivity index (χ0v) is 16.4. The Morgan fingerprint density at radius 1 is 1.14 bits per heavy atom. The van der Waals surface area contributed by atoms with Crippen LogP contribution in [0, 0.1) is 0 Å². The summed E-state index contributed by atoms with van der Waals surface area (Å²) in [6.07, 6.45) is 2.07. The van der Waals surface area contributed by atoms with Gasteiger partial charge in [-0.05, 0) is 12.1 Å². The quantitative estimate of drug-likeness (QED) is 0.551. The van der Waals surface area contributed by atoms with Gasteiger partial charge >= 0.3 is 0 Å². The van der Waals surface area contributed by atoms with Crippen LogP contribution < -0.4 is 14.8 Å². The number of imidazole rings is 1. The maximum absolute atomic E-state index is 12.5. The van der Waals surface area contributed by atoms with Crippen LogP contribution >= 0.6 is 11.3 Å². The monoisotopic (exact) mass is 405 g/mol. The average molecular weight is 405 g/mol. The average Bonchev–Trinajstić information content (AvgIpc) is 3.35. The van der Waals surface area contributed by atoms with Gasteiger partial charge in [0.15, 0.2) is 16.5 Å². The van der Waals surface area contributed by atoms with E-state index < -0.39 is 0 Å². The highest BCUT2D eigenvalue weighted by molar-refractivity contribution is 7.15. The van der Waals surface area contributed by atoms with Gasteiger partial charge in [-0.3, -0.25) is 9.20 Å². The van der Waals surface area contributed by atoms with Crippen LogP contribution in [0.2, 0.25) is 0 Å². The number of rotatable bonds is 5. The smallest absolute Gasteiger partial charge is 0.226 e. The molecule has 1 aliphatic rings. The number of fused-ring (bicyclic) bond motifs is 2. The van der Waals surface area contributed by atoms with Gasteiger partial charge in [-0.1, -0.05) is 42.5 Å². The molecule has 0 spiro atoms. The Morgan fingerprint density at radius 3 is 2.79 bits per heavy atom.